The first-order chi connectivity index (χ1) is 9.33. The Hall–Kier alpha value is -2.10. The molecule has 98 valence electrons. The SMILES string of the molecule is O=C(NCC1CCC1)c1cc(-c2ccccc2)n[nH]1. The van der Waals surface area contributed by atoms with Crippen LogP contribution >= 0.6 is 0 Å². The highest BCUT2D eigenvalue weighted by Gasteiger charge is 2.19. The number of carbonyl (C=O) groups is 1. The van der Waals surface area contributed by atoms with Crippen LogP contribution in [0.15, 0.2) is 36.4 Å². The van der Waals surface area contributed by atoms with Crippen LogP contribution in [-0.2, 0) is 0 Å². The van der Waals surface area contributed by atoms with Crippen molar-refractivity contribution < 1.29 is 4.79 Å². The highest BCUT2D eigenvalue weighted by Crippen LogP contribution is 2.25. The number of H-pyrrole nitrogens is 1. The lowest BCUT2D eigenvalue weighted by atomic mass is 9.85. The number of nitrogens with zero attached hydrogens (tertiary/aromatic N) is 1. The fourth-order valence-electron chi connectivity index (χ4n) is 2.22. The summed E-state index contributed by atoms with van der Waals surface area (Å²) in [6, 6.07) is 11.6. The van der Waals surface area contributed by atoms with Gasteiger partial charge in [0.2, 0.25) is 0 Å². The summed E-state index contributed by atoms with van der Waals surface area (Å²) in [7, 11) is 0. The van der Waals surface area contributed by atoms with Crippen molar-refractivity contribution in [3.63, 3.8) is 0 Å². The largest absolute Gasteiger partial charge is 0.350 e. The van der Waals surface area contributed by atoms with Gasteiger partial charge in [0.1, 0.15) is 5.69 Å². The lowest BCUT2D eigenvalue weighted by Crippen LogP contribution is -2.32. The number of hydrogen-bond donors (Lipinski definition) is 2. The molecule has 0 atom stereocenters. The van der Waals surface area contributed by atoms with Crippen molar-refractivity contribution in [1.82, 2.24) is 15.5 Å². The van der Waals surface area contributed by atoms with Crippen LogP contribution in [0.1, 0.15) is 29.8 Å². The minimum atomic E-state index is -0.0680. The molecule has 0 unspecified atom stereocenters. The van der Waals surface area contributed by atoms with Gasteiger partial charge in [0, 0.05) is 12.1 Å². The van der Waals surface area contributed by atoms with Gasteiger partial charge in [0.05, 0.1) is 5.69 Å². The van der Waals surface area contributed by atoms with Crippen LogP contribution in [0.25, 0.3) is 11.3 Å². The van der Waals surface area contributed by atoms with E-state index in [1.54, 1.807) is 6.07 Å². The molecule has 0 radical (unpaired) electrons. The van der Waals surface area contributed by atoms with Crippen LogP contribution in [0.3, 0.4) is 0 Å². The monoisotopic (exact) mass is 255 g/mol. The van der Waals surface area contributed by atoms with Crippen molar-refractivity contribution in [2.45, 2.75) is 19.3 Å². The highest BCUT2D eigenvalue weighted by atomic mass is 16.1. The number of nitrogens with one attached hydrogen (secondary N) is 2. The predicted molar refractivity (Wildman–Crippen MR) is 73.7 cm³/mol. The third kappa shape index (κ3) is 2.67. The Morgan fingerprint density at radius 2 is 2.11 bits per heavy atom. The van der Waals surface area contributed by atoms with E-state index >= 15 is 0 Å². The number of benzene rings is 1. The van der Waals surface area contributed by atoms with Crippen LogP contribution in [0, 0.1) is 5.92 Å². The lowest BCUT2D eigenvalue weighted by Gasteiger charge is -2.25. The normalized spacial score (nSPS) is 14.9. The molecule has 1 heterocycles. The lowest BCUT2D eigenvalue weighted by molar-refractivity contribution is 0.0934. The standard InChI is InChI=1S/C15H17N3O/c19-15(16-10-11-5-4-6-11)14-9-13(17-18-14)12-7-2-1-3-8-12/h1-3,7-9,11H,4-6,10H2,(H,16,19)(H,17,18). The van der Waals surface area contributed by atoms with Crippen molar-refractivity contribution in [1.29, 1.82) is 0 Å². The van der Waals surface area contributed by atoms with E-state index in [0.29, 0.717) is 11.6 Å². The quantitative estimate of drug-likeness (QED) is 0.882. The van der Waals surface area contributed by atoms with Gasteiger partial charge in [-0.1, -0.05) is 36.8 Å². The number of hydrogen-bond acceptors (Lipinski definition) is 2. The van der Waals surface area contributed by atoms with E-state index in [2.05, 4.69) is 15.5 Å². The Morgan fingerprint density at radius 1 is 1.32 bits per heavy atom. The summed E-state index contributed by atoms with van der Waals surface area (Å²) in [5.41, 5.74) is 2.34. The van der Waals surface area contributed by atoms with Gasteiger partial charge >= 0.3 is 0 Å². The van der Waals surface area contributed by atoms with Gasteiger partial charge in [0.25, 0.3) is 5.91 Å². The molecule has 19 heavy (non-hydrogen) atoms. The van der Waals surface area contributed by atoms with Crippen LogP contribution in [0.5, 0.6) is 0 Å². The highest BCUT2D eigenvalue weighted by molar-refractivity contribution is 5.93. The first-order valence-corrected chi connectivity index (χ1v) is 6.72. The van der Waals surface area contributed by atoms with Crippen molar-refractivity contribution in [3.05, 3.63) is 42.1 Å². The molecular formula is C15H17N3O. The second-order valence-electron chi connectivity index (χ2n) is 5.04. The van der Waals surface area contributed by atoms with Crippen molar-refractivity contribution in [2.24, 2.45) is 5.92 Å². The molecule has 1 aromatic carbocycles. The average molecular weight is 255 g/mol. The fraction of sp³-hybridized carbons (Fsp3) is 0.333. The molecule has 3 rings (SSSR count). The number of rotatable bonds is 4. The Labute approximate surface area is 112 Å². The number of aromatic amines is 1. The van der Waals surface area contributed by atoms with Crippen molar-refractivity contribution in [2.75, 3.05) is 6.54 Å². The molecule has 1 aromatic heterocycles. The molecular weight excluding hydrogens is 238 g/mol. The van der Waals surface area contributed by atoms with Gasteiger partial charge < -0.3 is 5.32 Å². The van der Waals surface area contributed by atoms with Crippen LogP contribution in [-0.4, -0.2) is 22.6 Å². The molecule has 2 aromatic rings. The van der Waals surface area contributed by atoms with Gasteiger partial charge in [-0.15, -0.1) is 0 Å². The molecule has 0 bridgehead atoms. The average Bonchev–Trinajstić information content (AvgIpc) is 2.87. The van der Waals surface area contributed by atoms with Gasteiger partial charge in [-0.25, -0.2) is 0 Å². The van der Waals surface area contributed by atoms with E-state index in [1.807, 2.05) is 30.3 Å². The van der Waals surface area contributed by atoms with E-state index in [0.717, 1.165) is 17.8 Å². The zero-order chi connectivity index (χ0) is 13.1. The van der Waals surface area contributed by atoms with Crippen molar-refractivity contribution in [3.8, 4) is 11.3 Å². The molecule has 4 nitrogen and oxygen atoms in total. The third-order valence-electron chi connectivity index (χ3n) is 3.67. The maximum atomic E-state index is 12.0. The van der Waals surface area contributed by atoms with E-state index in [1.165, 1.54) is 19.3 Å². The first kappa shape index (κ1) is 12.0. The molecule has 0 aliphatic heterocycles. The van der Waals surface area contributed by atoms with Gasteiger partial charge in [0.15, 0.2) is 0 Å². The van der Waals surface area contributed by atoms with Gasteiger partial charge in [-0.3, -0.25) is 9.89 Å². The second-order valence-corrected chi connectivity index (χ2v) is 5.04. The predicted octanol–water partition coefficient (Wildman–Crippen LogP) is 2.61. The zero-order valence-corrected chi connectivity index (χ0v) is 10.7. The zero-order valence-electron chi connectivity index (χ0n) is 10.7. The molecule has 1 aliphatic carbocycles. The Bertz CT molecular complexity index is 558. The Morgan fingerprint density at radius 3 is 2.79 bits per heavy atom. The fourth-order valence-corrected chi connectivity index (χ4v) is 2.22. The van der Waals surface area contributed by atoms with E-state index in [9.17, 15) is 4.79 Å². The van der Waals surface area contributed by atoms with E-state index in [-0.39, 0.29) is 5.91 Å². The summed E-state index contributed by atoms with van der Waals surface area (Å²) in [5.74, 6) is 0.599. The second kappa shape index (κ2) is 5.26. The molecule has 1 fully saturated rings. The molecule has 1 aliphatic rings. The summed E-state index contributed by atoms with van der Waals surface area (Å²) in [6.45, 7) is 0.776. The molecule has 4 heteroatoms. The molecule has 2 N–H and O–H groups in total. The number of amides is 1. The summed E-state index contributed by atoms with van der Waals surface area (Å²) >= 11 is 0. The van der Waals surface area contributed by atoms with Crippen LogP contribution in [0.2, 0.25) is 0 Å². The van der Waals surface area contributed by atoms with Gasteiger partial charge in [-0.05, 0) is 24.8 Å². The molecule has 0 saturated heterocycles. The maximum absolute atomic E-state index is 12.0. The minimum absolute atomic E-state index is 0.0680. The maximum Gasteiger partial charge on any atom is 0.269 e. The molecule has 0 spiro atoms. The molecule has 1 amide bonds. The summed E-state index contributed by atoms with van der Waals surface area (Å²) < 4.78 is 0. The smallest absolute Gasteiger partial charge is 0.269 e. The Balaban J connectivity index is 1.65. The number of carbonyl (C=O) groups excluding carboxylic acids is 1. The summed E-state index contributed by atoms with van der Waals surface area (Å²) in [5, 5.41) is 9.94. The van der Waals surface area contributed by atoms with E-state index < -0.39 is 0 Å². The van der Waals surface area contributed by atoms with Crippen LogP contribution < -0.4 is 5.32 Å². The van der Waals surface area contributed by atoms with E-state index in [4.69, 9.17) is 0 Å². The molecule has 1 saturated carbocycles. The van der Waals surface area contributed by atoms with Crippen LogP contribution in [0.4, 0.5) is 0 Å². The topological polar surface area (TPSA) is 57.8 Å². The Kier molecular flexibility index (Phi) is 3.31. The minimum Gasteiger partial charge on any atom is -0.350 e. The number of aromatic nitrogens is 2. The summed E-state index contributed by atoms with van der Waals surface area (Å²) in [6.07, 6.45) is 3.76. The first-order valence-electron chi connectivity index (χ1n) is 6.72. The third-order valence-corrected chi connectivity index (χ3v) is 3.67. The summed E-state index contributed by atoms with van der Waals surface area (Å²) in [4.78, 5) is 12.0. The van der Waals surface area contributed by atoms with Gasteiger partial charge in [-0.2, -0.15) is 5.10 Å². The van der Waals surface area contributed by atoms with Crippen molar-refractivity contribution >= 4 is 5.91 Å².